The van der Waals surface area contributed by atoms with Gasteiger partial charge in [0.2, 0.25) is 0 Å². The fraction of sp³-hybridized carbons (Fsp3) is 0.0870. The monoisotopic (exact) mass is 387 g/mol. The van der Waals surface area contributed by atoms with Crippen LogP contribution in [0.5, 0.6) is 0 Å². The van der Waals surface area contributed by atoms with Gasteiger partial charge in [-0.2, -0.15) is 0 Å². The summed E-state index contributed by atoms with van der Waals surface area (Å²) in [6, 6.07) is 22.2. The maximum absolute atomic E-state index is 12.9. The highest BCUT2D eigenvalue weighted by molar-refractivity contribution is 6.31. The van der Waals surface area contributed by atoms with Gasteiger partial charge in [-0.05, 0) is 37.3 Å². The lowest BCUT2D eigenvalue weighted by Crippen LogP contribution is -2.10. The summed E-state index contributed by atoms with van der Waals surface area (Å²) >= 11 is 6.15. The van der Waals surface area contributed by atoms with Crippen LogP contribution in [0.2, 0.25) is 5.02 Å². The highest BCUT2D eigenvalue weighted by atomic mass is 35.5. The van der Waals surface area contributed by atoms with Crippen molar-refractivity contribution in [2.45, 2.75) is 13.5 Å². The Labute approximate surface area is 168 Å². The molecule has 0 saturated carbocycles. The first-order chi connectivity index (χ1) is 13.6. The number of para-hydroxylation sites is 2. The van der Waals surface area contributed by atoms with E-state index in [0.717, 1.165) is 22.4 Å². The Morgan fingerprint density at radius 3 is 2.36 bits per heavy atom. The number of hydrogen-bond donors (Lipinski definition) is 1. The van der Waals surface area contributed by atoms with E-state index < -0.39 is 0 Å². The average Bonchev–Trinajstić information content (AvgIpc) is 2.73. The van der Waals surface area contributed by atoms with Crippen molar-refractivity contribution in [3.8, 4) is 0 Å². The number of nitrogens with one attached hydrogen (secondary N) is 1. The summed E-state index contributed by atoms with van der Waals surface area (Å²) < 4.78 is 0. The lowest BCUT2D eigenvalue weighted by atomic mass is 10.0. The molecule has 0 bridgehead atoms. The maximum atomic E-state index is 12.9. The van der Waals surface area contributed by atoms with Crippen LogP contribution in [0.15, 0.2) is 72.8 Å². The van der Waals surface area contributed by atoms with Crippen molar-refractivity contribution in [1.29, 1.82) is 0 Å². The molecule has 1 heterocycles. The number of carbonyl (C=O) groups is 1. The van der Waals surface area contributed by atoms with Crippen LogP contribution in [0.4, 0.5) is 5.69 Å². The lowest BCUT2D eigenvalue weighted by molar-refractivity contribution is 0.103. The van der Waals surface area contributed by atoms with Crippen molar-refractivity contribution in [3.05, 3.63) is 100 Å². The number of benzene rings is 3. The van der Waals surface area contributed by atoms with Gasteiger partial charge in [-0.15, -0.1) is 0 Å². The number of hydrogen-bond acceptors (Lipinski definition) is 4. The van der Waals surface area contributed by atoms with Gasteiger partial charge in [0, 0.05) is 21.8 Å². The van der Waals surface area contributed by atoms with Crippen LogP contribution in [0, 0.1) is 6.92 Å². The molecule has 0 saturated heterocycles. The molecule has 5 heteroatoms. The van der Waals surface area contributed by atoms with Crippen molar-refractivity contribution < 1.29 is 4.79 Å². The minimum Gasteiger partial charge on any atom is -0.379 e. The summed E-state index contributed by atoms with van der Waals surface area (Å²) in [4.78, 5) is 22.3. The van der Waals surface area contributed by atoms with Crippen LogP contribution >= 0.6 is 11.6 Å². The summed E-state index contributed by atoms with van der Waals surface area (Å²) in [5.41, 5.74) is 5.28. The SMILES string of the molecule is Cc1nc2ccccc2nc1CNc1ccc(Cl)cc1C(=O)c1ccccc1. The van der Waals surface area contributed by atoms with Crippen molar-refractivity contribution in [2.75, 3.05) is 5.32 Å². The number of aromatic nitrogens is 2. The molecule has 4 nitrogen and oxygen atoms in total. The smallest absolute Gasteiger partial charge is 0.195 e. The van der Waals surface area contributed by atoms with Crippen molar-refractivity contribution in [1.82, 2.24) is 9.97 Å². The van der Waals surface area contributed by atoms with Crippen LogP contribution in [-0.2, 0) is 6.54 Å². The van der Waals surface area contributed by atoms with Crippen LogP contribution in [0.3, 0.4) is 0 Å². The first-order valence-electron chi connectivity index (χ1n) is 8.97. The van der Waals surface area contributed by atoms with Crippen LogP contribution in [0.1, 0.15) is 27.3 Å². The third kappa shape index (κ3) is 3.73. The second-order valence-electron chi connectivity index (χ2n) is 6.48. The quantitative estimate of drug-likeness (QED) is 0.463. The van der Waals surface area contributed by atoms with Crippen LogP contribution < -0.4 is 5.32 Å². The number of halogens is 1. The van der Waals surface area contributed by atoms with E-state index in [2.05, 4.69) is 10.3 Å². The van der Waals surface area contributed by atoms with Gasteiger partial charge < -0.3 is 5.32 Å². The molecular weight excluding hydrogens is 370 g/mol. The van der Waals surface area contributed by atoms with Crippen molar-refractivity contribution >= 4 is 34.1 Å². The van der Waals surface area contributed by atoms with E-state index in [1.54, 1.807) is 24.3 Å². The second kappa shape index (κ2) is 7.79. The van der Waals surface area contributed by atoms with E-state index in [1.165, 1.54) is 0 Å². The predicted molar refractivity (Wildman–Crippen MR) is 113 cm³/mol. The minimum absolute atomic E-state index is 0.0769. The number of anilines is 1. The largest absolute Gasteiger partial charge is 0.379 e. The molecular formula is C23H18ClN3O. The third-order valence-corrected chi connectivity index (χ3v) is 4.79. The second-order valence-corrected chi connectivity index (χ2v) is 6.92. The van der Waals surface area contributed by atoms with E-state index in [9.17, 15) is 4.79 Å². The highest BCUT2D eigenvalue weighted by Gasteiger charge is 2.15. The number of carbonyl (C=O) groups excluding carboxylic acids is 1. The van der Waals surface area contributed by atoms with Gasteiger partial charge in [0.1, 0.15) is 0 Å². The van der Waals surface area contributed by atoms with E-state index in [4.69, 9.17) is 16.6 Å². The van der Waals surface area contributed by atoms with E-state index >= 15 is 0 Å². The van der Waals surface area contributed by atoms with Crippen LogP contribution in [0.25, 0.3) is 11.0 Å². The molecule has 4 rings (SSSR count). The average molecular weight is 388 g/mol. The van der Waals surface area contributed by atoms with Crippen molar-refractivity contribution in [2.24, 2.45) is 0 Å². The molecule has 0 fully saturated rings. The first kappa shape index (κ1) is 18.1. The molecule has 1 aromatic heterocycles. The van der Waals surface area contributed by atoms with Gasteiger partial charge in [-0.25, -0.2) is 9.97 Å². The van der Waals surface area contributed by atoms with Crippen molar-refractivity contribution in [3.63, 3.8) is 0 Å². The topological polar surface area (TPSA) is 54.9 Å². The van der Waals surface area contributed by atoms with Gasteiger partial charge in [-0.1, -0.05) is 54.1 Å². The Hall–Kier alpha value is -3.24. The standard InChI is InChI=1S/C23H18ClN3O/c1-15-22(27-21-10-6-5-9-20(21)26-15)14-25-19-12-11-17(24)13-18(19)23(28)16-7-3-2-4-8-16/h2-13,25H,14H2,1H3. The summed E-state index contributed by atoms with van der Waals surface area (Å²) in [7, 11) is 0. The molecule has 0 aliphatic heterocycles. The molecule has 0 spiro atoms. The van der Waals surface area contributed by atoms with Gasteiger partial charge >= 0.3 is 0 Å². The fourth-order valence-electron chi connectivity index (χ4n) is 3.07. The summed E-state index contributed by atoms with van der Waals surface area (Å²) in [5.74, 6) is -0.0769. The summed E-state index contributed by atoms with van der Waals surface area (Å²) in [6.45, 7) is 2.40. The van der Waals surface area contributed by atoms with Crippen LogP contribution in [-0.4, -0.2) is 15.8 Å². The molecule has 28 heavy (non-hydrogen) atoms. The number of fused-ring (bicyclic) bond motifs is 1. The molecule has 4 aromatic rings. The Kier molecular flexibility index (Phi) is 5.04. The Morgan fingerprint density at radius 2 is 1.61 bits per heavy atom. The van der Waals surface area contributed by atoms with Gasteiger partial charge in [0.25, 0.3) is 0 Å². The summed E-state index contributed by atoms with van der Waals surface area (Å²) in [5, 5.41) is 3.85. The van der Waals surface area contributed by atoms with E-state index in [1.807, 2.05) is 55.5 Å². The maximum Gasteiger partial charge on any atom is 0.195 e. The molecule has 0 amide bonds. The zero-order valence-corrected chi connectivity index (χ0v) is 16.1. The molecule has 0 radical (unpaired) electrons. The molecule has 0 aliphatic rings. The zero-order chi connectivity index (χ0) is 19.5. The molecule has 138 valence electrons. The van der Waals surface area contributed by atoms with Gasteiger partial charge in [0.15, 0.2) is 5.78 Å². The van der Waals surface area contributed by atoms with E-state index in [-0.39, 0.29) is 5.78 Å². The predicted octanol–water partition coefficient (Wildman–Crippen LogP) is 5.43. The number of ketones is 1. The Balaban J connectivity index is 1.64. The lowest BCUT2D eigenvalue weighted by Gasteiger charge is -2.13. The third-order valence-electron chi connectivity index (χ3n) is 4.55. The first-order valence-corrected chi connectivity index (χ1v) is 9.35. The molecule has 1 N–H and O–H groups in total. The highest BCUT2D eigenvalue weighted by Crippen LogP contribution is 2.24. The number of nitrogens with zero attached hydrogens (tertiary/aromatic N) is 2. The zero-order valence-electron chi connectivity index (χ0n) is 15.3. The van der Waals surface area contributed by atoms with E-state index in [0.29, 0.717) is 28.4 Å². The molecule has 3 aromatic carbocycles. The number of aryl methyl sites for hydroxylation is 1. The minimum atomic E-state index is -0.0769. The molecule has 0 aliphatic carbocycles. The Morgan fingerprint density at radius 1 is 0.929 bits per heavy atom. The van der Waals surface area contributed by atoms with Gasteiger partial charge in [-0.3, -0.25) is 4.79 Å². The van der Waals surface area contributed by atoms with Gasteiger partial charge in [0.05, 0.1) is 29.0 Å². The Bertz CT molecular complexity index is 1160. The number of rotatable bonds is 5. The fourth-order valence-corrected chi connectivity index (χ4v) is 3.25. The molecule has 0 atom stereocenters. The normalized spacial score (nSPS) is 10.8. The summed E-state index contributed by atoms with van der Waals surface area (Å²) in [6.07, 6.45) is 0. The molecule has 0 unspecified atom stereocenters.